The number of hydrogen-bond donors (Lipinski definition) is 1. The zero-order chi connectivity index (χ0) is 18.2. The third-order valence-corrected chi connectivity index (χ3v) is 4.75. The van der Waals surface area contributed by atoms with E-state index in [4.69, 9.17) is 11.6 Å². The van der Waals surface area contributed by atoms with Gasteiger partial charge in [-0.05, 0) is 36.8 Å². The number of carbonyl (C=O) groups is 2. The Morgan fingerprint density at radius 1 is 1.16 bits per heavy atom. The second-order valence-corrected chi connectivity index (χ2v) is 7.21. The van der Waals surface area contributed by atoms with Crippen LogP contribution in [0.1, 0.15) is 11.1 Å². The summed E-state index contributed by atoms with van der Waals surface area (Å²) in [6, 6.07) is 15.1. The zero-order valence-electron chi connectivity index (χ0n) is 14.3. The number of likely N-dealkylation sites (N-methyl/N-ethyl adjacent to an activating group) is 1. The first kappa shape index (κ1) is 19.3. The topological polar surface area (TPSA) is 49.4 Å². The van der Waals surface area contributed by atoms with Crippen molar-refractivity contribution in [3.05, 3.63) is 64.7 Å². The Morgan fingerprint density at radius 2 is 1.88 bits per heavy atom. The minimum Gasteiger partial charge on any atom is -0.336 e. The van der Waals surface area contributed by atoms with E-state index >= 15 is 0 Å². The molecule has 2 amide bonds. The SMILES string of the molecule is Cc1ccc(NC(=O)CN(C)C(=O)CSCc2cccc(Cl)c2)cc1. The third-order valence-electron chi connectivity index (χ3n) is 3.53. The molecule has 0 saturated carbocycles. The number of nitrogens with one attached hydrogen (secondary N) is 1. The second-order valence-electron chi connectivity index (χ2n) is 5.79. The molecule has 0 aliphatic heterocycles. The molecule has 0 bridgehead atoms. The van der Waals surface area contributed by atoms with E-state index in [-0.39, 0.29) is 18.4 Å². The Hall–Kier alpha value is -1.98. The number of anilines is 1. The van der Waals surface area contributed by atoms with Crippen molar-refractivity contribution in [2.24, 2.45) is 0 Å². The van der Waals surface area contributed by atoms with Gasteiger partial charge in [0, 0.05) is 23.5 Å². The van der Waals surface area contributed by atoms with E-state index in [0.717, 1.165) is 16.8 Å². The summed E-state index contributed by atoms with van der Waals surface area (Å²) in [6.07, 6.45) is 0. The van der Waals surface area contributed by atoms with Crippen LogP contribution in [0.5, 0.6) is 0 Å². The molecule has 0 aliphatic rings. The molecule has 0 aromatic heterocycles. The normalized spacial score (nSPS) is 10.4. The van der Waals surface area contributed by atoms with Gasteiger partial charge in [-0.3, -0.25) is 9.59 Å². The van der Waals surface area contributed by atoms with Crippen molar-refractivity contribution in [2.75, 3.05) is 24.7 Å². The molecule has 2 aromatic carbocycles. The van der Waals surface area contributed by atoms with Crippen LogP contribution in [0.2, 0.25) is 5.02 Å². The average Bonchev–Trinajstić information content (AvgIpc) is 2.57. The summed E-state index contributed by atoms with van der Waals surface area (Å²) in [5.41, 5.74) is 2.93. The smallest absolute Gasteiger partial charge is 0.243 e. The highest BCUT2D eigenvalue weighted by molar-refractivity contribution is 7.99. The molecule has 0 heterocycles. The summed E-state index contributed by atoms with van der Waals surface area (Å²) < 4.78 is 0. The van der Waals surface area contributed by atoms with Crippen molar-refractivity contribution in [1.29, 1.82) is 0 Å². The molecular weight excluding hydrogens is 356 g/mol. The number of rotatable bonds is 7. The molecule has 0 fully saturated rings. The Morgan fingerprint density at radius 3 is 2.56 bits per heavy atom. The molecule has 132 valence electrons. The highest BCUT2D eigenvalue weighted by atomic mass is 35.5. The predicted octanol–water partition coefficient (Wildman–Crippen LogP) is 3.98. The van der Waals surface area contributed by atoms with Crippen LogP contribution in [0.3, 0.4) is 0 Å². The molecule has 6 heteroatoms. The molecule has 2 aromatic rings. The van der Waals surface area contributed by atoms with Gasteiger partial charge in [0.25, 0.3) is 0 Å². The number of nitrogens with zero attached hydrogens (tertiary/aromatic N) is 1. The minimum absolute atomic E-state index is 0.0322. The van der Waals surface area contributed by atoms with E-state index in [9.17, 15) is 9.59 Å². The average molecular weight is 377 g/mol. The maximum Gasteiger partial charge on any atom is 0.243 e. The van der Waals surface area contributed by atoms with E-state index in [2.05, 4.69) is 5.32 Å². The first-order valence-electron chi connectivity index (χ1n) is 7.87. The van der Waals surface area contributed by atoms with Gasteiger partial charge in [-0.2, -0.15) is 0 Å². The van der Waals surface area contributed by atoms with Gasteiger partial charge < -0.3 is 10.2 Å². The zero-order valence-corrected chi connectivity index (χ0v) is 15.9. The van der Waals surface area contributed by atoms with Crippen LogP contribution in [0.4, 0.5) is 5.69 Å². The van der Waals surface area contributed by atoms with Crippen LogP contribution in [0, 0.1) is 6.92 Å². The van der Waals surface area contributed by atoms with Crippen molar-refractivity contribution >= 4 is 40.9 Å². The fourth-order valence-corrected chi connectivity index (χ4v) is 3.26. The van der Waals surface area contributed by atoms with Crippen molar-refractivity contribution in [1.82, 2.24) is 4.90 Å². The molecule has 2 rings (SSSR count). The summed E-state index contributed by atoms with van der Waals surface area (Å²) >= 11 is 7.44. The summed E-state index contributed by atoms with van der Waals surface area (Å²) in [5.74, 6) is 0.738. The summed E-state index contributed by atoms with van der Waals surface area (Å²) in [6.45, 7) is 2.02. The molecule has 0 atom stereocenters. The fraction of sp³-hybridized carbons (Fsp3) is 0.263. The largest absolute Gasteiger partial charge is 0.336 e. The number of benzene rings is 2. The van der Waals surface area contributed by atoms with Gasteiger partial charge in [-0.15, -0.1) is 11.8 Å². The Labute approximate surface area is 157 Å². The van der Waals surface area contributed by atoms with Crippen molar-refractivity contribution in [2.45, 2.75) is 12.7 Å². The van der Waals surface area contributed by atoms with Crippen LogP contribution < -0.4 is 5.32 Å². The molecule has 4 nitrogen and oxygen atoms in total. The lowest BCUT2D eigenvalue weighted by molar-refractivity contribution is -0.131. The maximum absolute atomic E-state index is 12.1. The monoisotopic (exact) mass is 376 g/mol. The third kappa shape index (κ3) is 6.80. The first-order chi connectivity index (χ1) is 11.9. The van der Waals surface area contributed by atoms with Crippen LogP contribution in [0.15, 0.2) is 48.5 Å². The highest BCUT2D eigenvalue weighted by Gasteiger charge is 2.13. The number of aryl methyl sites for hydroxylation is 1. The van der Waals surface area contributed by atoms with E-state index in [1.54, 1.807) is 7.05 Å². The van der Waals surface area contributed by atoms with E-state index in [1.807, 2.05) is 55.5 Å². The van der Waals surface area contributed by atoms with Crippen LogP contribution in [-0.2, 0) is 15.3 Å². The van der Waals surface area contributed by atoms with E-state index < -0.39 is 0 Å². The number of halogens is 1. The quantitative estimate of drug-likeness (QED) is 0.795. The molecule has 0 radical (unpaired) electrons. The predicted molar refractivity (Wildman–Crippen MR) is 105 cm³/mol. The lowest BCUT2D eigenvalue weighted by Crippen LogP contribution is -2.35. The van der Waals surface area contributed by atoms with Gasteiger partial charge in [0.15, 0.2) is 0 Å². The van der Waals surface area contributed by atoms with Gasteiger partial charge in [-0.25, -0.2) is 0 Å². The summed E-state index contributed by atoms with van der Waals surface area (Å²) in [7, 11) is 1.64. The van der Waals surface area contributed by atoms with Crippen molar-refractivity contribution < 1.29 is 9.59 Å². The van der Waals surface area contributed by atoms with E-state index in [1.165, 1.54) is 16.7 Å². The lowest BCUT2D eigenvalue weighted by Gasteiger charge is -2.16. The van der Waals surface area contributed by atoms with E-state index in [0.29, 0.717) is 16.5 Å². The second kappa shape index (κ2) is 9.49. The summed E-state index contributed by atoms with van der Waals surface area (Å²) in [5, 5.41) is 3.48. The highest BCUT2D eigenvalue weighted by Crippen LogP contribution is 2.17. The molecule has 0 unspecified atom stereocenters. The lowest BCUT2D eigenvalue weighted by atomic mass is 10.2. The maximum atomic E-state index is 12.1. The van der Waals surface area contributed by atoms with Crippen LogP contribution in [-0.4, -0.2) is 36.1 Å². The molecule has 0 saturated heterocycles. The van der Waals surface area contributed by atoms with Gasteiger partial charge in [0.05, 0.1) is 12.3 Å². The van der Waals surface area contributed by atoms with Gasteiger partial charge in [-0.1, -0.05) is 41.4 Å². The molecule has 0 aliphatic carbocycles. The molecule has 1 N–H and O–H groups in total. The first-order valence-corrected chi connectivity index (χ1v) is 9.40. The minimum atomic E-state index is -0.209. The Balaban J connectivity index is 1.73. The standard InChI is InChI=1S/C19H21ClN2O2S/c1-14-6-8-17(9-7-14)21-18(23)11-22(2)19(24)13-25-12-15-4-3-5-16(20)10-15/h3-10H,11-13H2,1-2H3,(H,21,23). The van der Waals surface area contributed by atoms with Gasteiger partial charge >= 0.3 is 0 Å². The number of hydrogen-bond acceptors (Lipinski definition) is 3. The van der Waals surface area contributed by atoms with Crippen molar-refractivity contribution in [3.8, 4) is 0 Å². The molecular formula is C19H21ClN2O2S. The van der Waals surface area contributed by atoms with Crippen LogP contribution in [0.25, 0.3) is 0 Å². The molecule has 0 spiro atoms. The Bertz CT molecular complexity index is 734. The van der Waals surface area contributed by atoms with Gasteiger partial charge in [0.1, 0.15) is 0 Å². The molecule has 25 heavy (non-hydrogen) atoms. The number of amides is 2. The van der Waals surface area contributed by atoms with Crippen LogP contribution >= 0.6 is 23.4 Å². The van der Waals surface area contributed by atoms with Crippen molar-refractivity contribution in [3.63, 3.8) is 0 Å². The number of thioether (sulfide) groups is 1. The summed E-state index contributed by atoms with van der Waals surface area (Å²) in [4.78, 5) is 25.6. The Kier molecular flexibility index (Phi) is 7.34. The fourth-order valence-electron chi connectivity index (χ4n) is 2.13. The van der Waals surface area contributed by atoms with Gasteiger partial charge in [0.2, 0.25) is 11.8 Å². The number of carbonyl (C=O) groups excluding carboxylic acids is 2.